The van der Waals surface area contributed by atoms with Gasteiger partial charge in [-0.3, -0.25) is 11.3 Å². The molecule has 0 saturated heterocycles. The molecule has 0 aromatic carbocycles. The van der Waals surface area contributed by atoms with E-state index in [0.717, 1.165) is 12.8 Å². The van der Waals surface area contributed by atoms with Gasteiger partial charge in [-0.2, -0.15) is 11.3 Å². The summed E-state index contributed by atoms with van der Waals surface area (Å²) >= 11 is 1.76. The van der Waals surface area contributed by atoms with Gasteiger partial charge in [-0.1, -0.05) is 20.3 Å². The molecule has 0 spiro atoms. The Balaban J connectivity index is 2.34. The van der Waals surface area contributed by atoms with E-state index in [4.69, 9.17) is 5.84 Å². The monoisotopic (exact) mass is 212 g/mol. The number of hydrogen-bond donors (Lipinski definition) is 2. The molecule has 0 aliphatic heterocycles. The Morgan fingerprint density at radius 3 is 2.86 bits per heavy atom. The Labute approximate surface area is 90.5 Å². The Morgan fingerprint density at radius 1 is 1.57 bits per heavy atom. The average Bonchev–Trinajstić information content (AvgIpc) is 2.71. The molecule has 3 heteroatoms. The van der Waals surface area contributed by atoms with Gasteiger partial charge in [0, 0.05) is 6.04 Å². The lowest BCUT2D eigenvalue weighted by Crippen LogP contribution is -2.40. The second kappa shape index (κ2) is 6.17. The van der Waals surface area contributed by atoms with Gasteiger partial charge >= 0.3 is 0 Å². The van der Waals surface area contributed by atoms with Crippen molar-refractivity contribution >= 4 is 11.3 Å². The molecule has 14 heavy (non-hydrogen) atoms. The Morgan fingerprint density at radius 2 is 2.36 bits per heavy atom. The normalized spacial score (nSPS) is 15.4. The van der Waals surface area contributed by atoms with E-state index in [1.165, 1.54) is 12.0 Å². The summed E-state index contributed by atoms with van der Waals surface area (Å²) in [6, 6.07) is 2.63. The summed E-state index contributed by atoms with van der Waals surface area (Å²) in [7, 11) is 0. The maximum absolute atomic E-state index is 5.54. The van der Waals surface area contributed by atoms with Gasteiger partial charge in [0.1, 0.15) is 0 Å². The lowest BCUT2D eigenvalue weighted by atomic mass is 9.94. The van der Waals surface area contributed by atoms with Crippen molar-refractivity contribution in [3.8, 4) is 0 Å². The number of nitrogens with one attached hydrogen (secondary N) is 1. The lowest BCUT2D eigenvalue weighted by molar-refractivity contribution is 0.353. The molecule has 2 nitrogen and oxygen atoms in total. The van der Waals surface area contributed by atoms with Gasteiger partial charge in [-0.05, 0) is 41.1 Å². The number of hydrogen-bond acceptors (Lipinski definition) is 3. The van der Waals surface area contributed by atoms with Crippen LogP contribution in [0.4, 0.5) is 0 Å². The largest absolute Gasteiger partial charge is 0.271 e. The molecule has 2 unspecified atom stereocenters. The van der Waals surface area contributed by atoms with Crippen LogP contribution in [0, 0.1) is 5.92 Å². The fourth-order valence-electron chi connectivity index (χ4n) is 1.57. The number of rotatable bonds is 6. The van der Waals surface area contributed by atoms with Gasteiger partial charge < -0.3 is 0 Å². The first-order valence-corrected chi connectivity index (χ1v) is 6.19. The molecule has 0 bridgehead atoms. The predicted molar refractivity (Wildman–Crippen MR) is 63.2 cm³/mol. The van der Waals surface area contributed by atoms with Gasteiger partial charge in [0.2, 0.25) is 0 Å². The maximum Gasteiger partial charge on any atom is 0.0239 e. The molecular weight excluding hydrogens is 192 g/mol. The van der Waals surface area contributed by atoms with Crippen molar-refractivity contribution in [1.82, 2.24) is 5.43 Å². The van der Waals surface area contributed by atoms with Crippen LogP contribution in [0.15, 0.2) is 16.8 Å². The van der Waals surface area contributed by atoms with Crippen LogP contribution in [0.3, 0.4) is 0 Å². The highest BCUT2D eigenvalue weighted by atomic mass is 32.1. The van der Waals surface area contributed by atoms with Crippen molar-refractivity contribution in [3.05, 3.63) is 22.4 Å². The Bertz CT molecular complexity index is 233. The second-order valence-electron chi connectivity index (χ2n) is 3.83. The molecule has 1 aromatic rings. The molecular formula is C11H20N2S. The van der Waals surface area contributed by atoms with Crippen molar-refractivity contribution in [2.45, 2.75) is 39.2 Å². The van der Waals surface area contributed by atoms with E-state index in [9.17, 15) is 0 Å². The van der Waals surface area contributed by atoms with Crippen LogP contribution >= 0.6 is 11.3 Å². The first-order chi connectivity index (χ1) is 6.77. The van der Waals surface area contributed by atoms with Gasteiger partial charge in [0.25, 0.3) is 0 Å². The summed E-state index contributed by atoms with van der Waals surface area (Å²) in [5, 5.41) is 4.34. The first-order valence-electron chi connectivity index (χ1n) is 5.25. The molecule has 0 saturated carbocycles. The SMILES string of the molecule is CCC(C)C(CCc1ccsc1)NN. The molecule has 1 heterocycles. The predicted octanol–water partition coefficient (Wildman–Crippen LogP) is 2.56. The van der Waals surface area contributed by atoms with Crippen LogP contribution in [0.5, 0.6) is 0 Å². The lowest BCUT2D eigenvalue weighted by Gasteiger charge is -2.21. The zero-order valence-electron chi connectivity index (χ0n) is 8.99. The Kier molecular flexibility index (Phi) is 5.15. The van der Waals surface area contributed by atoms with Crippen molar-refractivity contribution < 1.29 is 0 Å². The molecule has 80 valence electrons. The average molecular weight is 212 g/mol. The first kappa shape index (κ1) is 11.7. The van der Waals surface area contributed by atoms with Gasteiger partial charge in [-0.15, -0.1) is 0 Å². The van der Waals surface area contributed by atoms with Crippen LogP contribution in [-0.2, 0) is 6.42 Å². The van der Waals surface area contributed by atoms with Crippen molar-refractivity contribution in [2.24, 2.45) is 11.8 Å². The highest BCUT2D eigenvalue weighted by Crippen LogP contribution is 2.15. The van der Waals surface area contributed by atoms with E-state index in [1.54, 1.807) is 11.3 Å². The van der Waals surface area contributed by atoms with E-state index in [1.807, 2.05) is 0 Å². The third-order valence-electron chi connectivity index (χ3n) is 2.87. The number of aryl methyl sites for hydroxylation is 1. The smallest absolute Gasteiger partial charge is 0.0239 e. The molecule has 0 aliphatic carbocycles. The van der Waals surface area contributed by atoms with Crippen molar-refractivity contribution in [1.29, 1.82) is 0 Å². The number of nitrogens with two attached hydrogens (primary N) is 1. The highest BCUT2D eigenvalue weighted by molar-refractivity contribution is 7.07. The molecule has 1 rings (SSSR count). The summed E-state index contributed by atoms with van der Waals surface area (Å²) < 4.78 is 0. The second-order valence-corrected chi connectivity index (χ2v) is 4.61. The molecule has 0 radical (unpaired) electrons. The van der Waals surface area contributed by atoms with Crippen LogP contribution in [0.2, 0.25) is 0 Å². The topological polar surface area (TPSA) is 38.0 Å². The van der Waals surface area contributed by atoms with Gasteiger partial charge in [0.05, 0.1) is 0 Å². The molecule has 0 fully saturated rings. The number of thiophene rings is 1. The summed E-state index contributed by atoms with van der Waals surface area (Å²) in [6.45, 7) is 4.46. The third kappa shape index (κ3) is 3.40. The van der Waals surface area contributed by atoms with E-state index in [0.29, 0.717) is 12.0 Å². The minimum Gasteiger partial charge on any atom is -0.271 e. The minimum absolute atomic E-state index is 0.444. The van der Waals surface area contributed by atoms with Crippen LogP contribution < -0.4 is 11.3 Å². The summed E-state index contributed by atoms with van der Waals surface area (Å²) in [5.41, 5.74) is 4.35. The van der Waals surface area contributed by atoms with Crippen LogP contribution in [-0.4, -0.2) is 6.04 Å². The van der Waals surface area contributed by atoms with E-state index in [-0.39, 0.29) is 0 Å². The van der Waals surface area contributed by atoms with Crippen molar-refractivity contribution in [2.75, 3.05) is 0 Å². The van der Waals surface area contributed by atoms with Gasteiger partial charge in [0.15, 0.2) is 0 Å². The molecule has 1 aromatic heterocycles. The standard InChI is InChI=1S/C11H20N2S/c1-3-9(2)11(13-12)5-4-10-6-7-14-8-10/h6-9,11,13H,3-5,12H2,1-2H3. The third-order valence-corrected chi connectivity index (χ3v) is 3.60. The zero-order chi connectivity index (χ0) is 10.4. The summed E-state index contributed by atoms with van der Waals surface area (Å²) in [4.78, 5) is 0. The fourth-order valence-corrected chi connectivity index (χ4v) is 2.28. The molecule has 2 atom stereocenters. The summed E-state index contributed by atoms with van der Waals surface area (Å²) in [6.07, 6.45) is 3.43. The highest BCUT2D eigenvalue weighted by Gasteiger charge is 2.13. The van der Waals surface area contributed by atoms with E-state index < -0.39 is 0 Å². The fraction of sp³-hybridized carbons (Fsp3) is 0.636. The molecule has 0 amide bonds. The minimum atomic E-state index is 0.444. The van der Waals surface area contributed by atoms with E-state index >= 15 is 0 Å². The molecule has 3 N–H and O–H groups in total. The van der Waals surface area contributed by atoms with Crippen LogP contribution in [0.1, 0.15) is 32.3 Å². The quantitative estimate of drug-likeness (QED) is 0.562. The zero-order valence-corrected chi connectivity index (χ0v) is 9.81. The Hall–Kier alpha value is -0.380. The van der Waals surface area contributed by atoms with Crippen molar-refractivity contribution in [3.63, 3.8) is 0 Å². The van der Waals surface area contributed by atoms with Crippen LogP contribution in [0.25, 0.3) is 0 Å². The summed E-state index contributed by atoms with van der Waals surface area (Å²) in [5.74, 6) is 6.19. The number of hydrazine groups is 1. The molecule has 0 aliphatic rings. The van der Waals surface area contributed by atoms with E-state index in [2.05, 4.69) is 36.1 Å². The maximum atomic E-state index is 5.54. The van der Waals surface area contributed by atoms with Gasteiger partial charge in [-0.25, -0.2) is 0 Å².